The van der Waals surface area contributed by atoms with E-state index in [0.29, 0.717) is 0 Å². The summed E-state index contributed by atoms with van der Waals surface area (Å²) in [7, 11) is -3.98. The Hall–Kier alpha value is -1.23. The Morgan fingerprint density at radius 3 is 2.64 bits per heavy atom. The zero-order valence-electron chi connectivity index (χ0n) is 7.18. The SMILES string of the molecule is Cc1ccc(S(=O)(=O)N=[N+]=[N-])c(Cl)c1. The van der Waals surface area contributed by atoms with Crippen molar-refractivity contribution in [2.45, 2.75) is 11.8 Å². The average molecular weight is 232 g/mol. The van der Waals surface area contributed by atoms with Crippen molar-refractivity contribution in [1.82, 2.24) is 0 Å². The number of nitrogens with zero attached hydrogens (tertiary/aromatic N) is 3. The standard InChI is InChI=1S/C7H6ClN3O2S/c1-5-2-3-7(6(8)4-5)14(12,13)11-10-9/h2-4H,1H3. The molecule has 0 saturated carbocycles. The Morgan fingerprint density at radius 1 is 1.50 bits per heavy atom. The molecule has 0 unspecified atom stereocenters. The number of hydrogen-bond donors (Lipinski definition) is 0. The number of hydrogen-bond acceptors (Lipinski definition) is 2. The van der Waals surface area contributed by atoms with Gasteiger partial charge in [-0.2, -0.15) is 0 Å². The lowest BCUT2D eigenvalue weighted by Gasteiger charge is -2.01. The van der Waals surface area contributed by atoms with Gasteiger partial charge in [0.15, 0.2) is 0 Å². The molecule has 0 amide bonds. The summed E-state index contributed by atoms with van der Waals surface area (Å²) in [4.78, 5) is 2.05. The van der Waals surface area contributed by atoms with Gasteiger partial charge in [-0.05, 0) is 30.2 Å². The molecular weight excluding hydrogens is 226 g/mol. The minimum Gasteiger partial charge on any atom is -0.216 e. The third-order valence-corrected chi connectivity index (χ3v) is 3.13. The minimum atomic E-state index is -3.98. The quantitative estimate of drug-likeness (QED) is 0.445. The van der Waals surface area contributed by atoms with Crippen LogP contribution in [0.25, 0.3) is 10.4 Å². The van der Waals surface area contributed by atoms with Crippen molar-refractivity contribution in [1.29, 1.82) is 0 Å². The van der Waals surface area contributed by atoms with E-state index in [-0.39, 0.29) is 9.92 Å². The molecule has 1 rings (SSSR count). The van der Waals surface area contributed by atoms with Crippen LogP contribution in [-0.2, 0) is 10.0 Å². The van der Waals surface area contributed by atoms with E-state index < -0.39 is 10.0 Å². The summed E-state index contributed by atoms with van der Waals surface area (Å²) in [5.41, 5.74) is 8.87. The third-order valence-electron chi connectivity index (χ3n) is 1.51. The Labute approximate surface area is 86.0 Å². The molecule has 0 aliphatic heterocycles. The van der Waals surface area contributed by atoms with E-state index in [2.05, 4.69) is 9.43 Å². The van der Waals surface area contributed by atoms with Crippen molar-refractivity contribution < 1.29 is 8.42 Å². The Balaban J connectivity index is 3.41. The van der Waals surface area contributed by atoms with Gasteiger partial charge in [-0.25, -0.2) is 8.42 Å². The summed E-state index contributed by atoms with van der Waals surface area (Å²) < 4.78 is 25.2. The first kappa shape index (κ1) is 10.8. The molecule has 0 fully saturated rings. The first-order valence-electron chi connectivity index (χ1n) is 3.55. The predicted molar refractivity (Wildman–Crippen MR) is 52.5 cm³/mol. The van der Waals surface area contributed by atoms with Crippen LogP contribution in [0.4, 0.5) is 0 Å². The van der Waals surface area contributed by atoms with Crippen LogP contribution < -0.4 is 0 Å². The molecule has 0 aromatic heterocycles. The maximum atomic E-state index is 11.3. The molecule has 0 spiro atoms. The van der Waals surface area contributed by atoms with Gasteiger partial charge in [-0.15, -0.1) is 0 Å². The van der Waals surface area contributed by atoms with Gasteiger partial charge in [0.25, 0.3) is 10.0 Å². The molecule has 5 nitrogen and oxygen atoms in total. The fourth-order valence-electron chi connectivity index (χ4n) is 0.907. The number of rotatable bonds is 2. The summed E-state index contributed by atoms with van der Waals surface area (Å²) in [6.45, 7) is 1.77. The van der Waals surface area contributed by atoms with Gasteiger partial charge in [0, 0.05) is 9.43 Å². The van der Waals surface area contributed by atoms with Crippen LogP contribution in [0.3, 0.4) is 0 Å². The Morgan fingerprint density at radius 2 is 2.14 bits per heavy atom. The van der Waals surface area contributed by atoms with Gasteiger partial charge in [0.1, 0.15) is 0 Å². The molecular formula is C7H6ClN3O2S. The lowest BCUT2D eigenvalue weighted by Crippen LogP contribution is -1.96. The largest absolute Gasteiger partial charge is 0.265 e. The molecule has 14 heavy (non-hydrogen) atoms. The molecule has 74 valence electrons. The van der Waals surface area contributed by atoms with Crippen LogP contribution in [0.2, 0.25) is 5.02 Å². The number of sulfonamides is 1. The molecule has 0 bridgehead atoms. The van der Waals surface area contributed by atoms with Crippen LogP contribution >= 0.6 is 11.6 Å². The van der Waals surface area contributed by atoms with Crippen molar-refractivity contribution in [3.8, 4) is 0 Å². The minimum absolute atomic E-state index is 0.0531. The highest BCUT2D eigenvalue weighted by atomic mass is 35.5. The van der Waals surface area contributed by atoms with Crippen LogP contribution in [0, 0.1) is 6.92 Å². The zero-order valence-corrected chi connectivity index (χ0v) is 8.75. The first-order valence-corrected chi connectivity index (χ1v) is 5.37. The third kappa shape index (κ3) is 2.17. The van der Waals surface area contributed by atoms with Crippen molar-refractivity contribution in [2.24, 2.45) is 4.52 Å². The fraction of sp³-hybridized carbons (Fsp3) is 0.143. The van der Waals surface area contributed by atoms with Gasteiger partial charge in [-0.3, -0.25) is 0 Å². The van der Waals surface area contributed by atoms with Crippen LogP contribution in [0.1, 0.15) is 5.56 Å². The van der Waals surface area contributed by atoms with Crippen LogP contribution in [0.5, 0.6) is 0 Å². The average Bonchev–Trinajstić information content (AvgIpc) is 2.02. The molecule has 0 N–H and O–H groups in total. The highest BCUT2D eigenvalue weighted by Gasteiger charge is 2.15. The molecule has 0 radical (unpaired) electrons. The van der Waals surface area contributed by atoms with Gasteiger partial charge in [-0.1, -0.05) is 17.7 Å². The van der Waals surface area contributed by atoms with E-state index in [1.165, 1.54) is 12.1 Å². The summed E-state index contributed by atoms with van der Waals surface area (Å²) >= 11 is 5.69. The maximum absolute atomic E-state index is 11.3. The van der Waals surface area contributed by atoms with E-state index in [1.807, 2.05) is 0 Å². The second kappa shape index (κ2) is 3.88. The normalized spacial score (nSPS) is 10.7. The van der Waals surface area contributed by atoms with E-state index in [4.69, 9.17) is 17.1 Å². The summed E-state index contributed by atoms with van der Waals surface area (Å²) in [6.07, 6.45) is 0. The molecule has 0 heterocycles. The summed E-state index contributed by atoms with van der Waals surface area (Å²) in [5.74, 6) is 0. The molecule has 0 aliphatic carbocycles. The van der Waals surface area contributed by atoms with Crippen molar-refractivity contribution in [2.75, 3.05) is 0 Å². The zero-order chi connectivity index (χ0) is 10.8. The lowest BCUT2D eigenvalue weighted by molar-refractivity contribution is 0.597. The van der Waals surface area contributed by atoms with Gasteiger partial charge < -0.3 is 0 Å². The van der Waals surface area contributed by atoms with Crippen LogP contribution in [0.15, 0.2) is 27.6 Å². The second-order valence-corrected chi connectivity index (χ2v) is 4.54. The monoisotopic (exact) mass is 231 g/mol. The van der Waals surface area contributed by atoms with E-state index >= 15 is 0 Å². The van der Waals surface area contributed by atoms with E-state index in [9.17, 15) is 8.42 Å². The molecule has 7 heteroatoms. The predicted octanol–water partition coefficient (Wildman–Crippen LogP) is 2.65. The smallest absolute Gasteiger partial charge is 0.216 e. The van der Waals surface area contributed by atoms with Gasteiger partial charge in [0.05, 0.1) is 9.92 Å². The first-order chi connectivity index (χ1) is 6.47. The van der Waals surface area contributed by atoms with Gasteiger partial charge >= 0.3 is 0 Å². The van der Waals surface area contributed by atoms with Crippen molar-refractivity contribution in [3.05, 3.63) is 39.2 Å². The number of benzene rings is 1. The highest BCUT2D eigenvalue weighted by Crippen LogP contribution is 2.23. The molecule has 0 aliphatic rings. The fourth-order valence-corrected chi connectivity index (χ4v) is 2.16. The highest BCUT2D eigenvalue weighted by molar-refractivity contribution is 7.90. The molecule has 1 aromatic carbocycles. The summed E-state index contributed by atoms with van der Waals surface area (Å²) in [6, 6.07) is 4.37. The molecule has 0 saturated heterocycles. The van der Waals surface area contributed by atoms with Gasteiger partial charge in [0.2, 0.25) is 0 Å². The Bertz CT molecular complexity index is 506. The number of halogens is 1. The molecule has 1 aromatic rings. The van der Waals surface area contributed by atoms with Crippen LogP contribution in [-0.4, -0.2) is 8.42 Å². The second-order valence-electron chi connectivity index (χ2n) is 2.58. The topological polar surface area (TPSA) is 82.9 Å². The van der Waals surface area contributed by atoms with Crippen molar-refractivity contribution >= 4 is 21.6 Å². The summed E-state index contributed by atoms with van der Waals surface area (Å²) in [5, 5.41) is 0.0531. The molecule has 0 atom stereocenters. The number of azide groups is 1. The number of aryl methyl sites for hydroxylation is 1. The van der Waals surface area contributed by atoms with E-state index in [1.54, 1.807) is 13.0 Å². The van der Waals surface area contributed by atoms with E-state index in [0.717, 1.165) is 5.56 Å². The Kier molecular flexibility index (Phi) is 3.00. The van der Waals surface area contributed by atoms with Crippen molar-refractivity contribution in [3.63, 3.8) is 0 Å². The maximum Gasteiger partial charge on any atom is 0.265 e. The lowest BCUT2D eigenvalue weighted by atomic mass is 10.2.